The van der Waals surface area contributed by atoms with Crippen molar-refractivity contribution in [2.45, 2.75) is 290 Å². The van der Waals surface area contributed by atoms with E-state index in [0.29, 0.717) is 19.3 Å². The number of rotatable bonds is 50. The molecule has 0 fully saturated rings. The van der Waals surface area contributed by atoms with Crippen LogP contribution in [-0.4, -0.2) is 37.2 Å². The van der Waals surface area contributed by atoms with Crippen LogP contribution in [0.15, 0.2) is 48.6 Å². The Labute approximate surface area is 397 Å². The average Bonchev–Trinajstić information content (AvgIpc) is 3.29. The van der Waals surface area contributed by atoms with Gasteiger partial charge in [0.1, 0.15) is 13.2 Å². The van der Waals surface area contributed by atoms with Crippen molar-refractivity contribution < 1.29 is 28.6 Å². The van der Waals surface area contributed by atoms with Gasteiger partial charge in [0.15, 0.2) is 6.10 Å². The minimum absolute atomic E-state index is 0.0689. The van der Waals surface area contributed by atoms with E-state index in [1.165, 1.54) is 154 Å². The number of carbonyl (C=O) groups is 3. The quantitative estimate of drug-likeness (QED) is 0.0262. The van der Waals surface area contributed by atoms with E-state index >= 15 is 0 Å². The Morgan fingerprint density at radius 3 is 0.953 bits per heavy atom. The molecule has 1 atom stereocenters. The van der Waals surface area contributed by atoms with Gasteiger partial charge in [-0.1, -0.05) is 256 Å². The first-order chi connectivity index (χ1) is 31.5. The van der Waals surface area contributed by atoms with Gasteiger partial charge in [0.05, 0.1) is 0 Å². The number of esters is 3. The van der Waals surface area contributed by atoms with Crippen molar-refractivity contribution in [3.8, 4) is 0 Å². The molecule has 0 heterocycles. The molecular weight excluding hydrogens is 793 g/mol. The molecule has 0 amide bonds. The first kappa shape index (κ1) is 61.4. The molecule has 0 saturated carbocycles. The highest BCUT2D eigenvalue weighted by atomic mass is 16.6. The molecule has 0 spiro atoms. The summed E-state index contributed by atoms with van der Waals surface area (Å²) in [7, 11) is 0. The molecule has 0 rings (SSSR count). The molecule has 0 aromatic rings. The molecule has 0 aliphatic rings. The lowest BCUT2D eigenvalue weighted by molar-refractivity contribution is -0.167. The van der Waals surface area contributed by atoms with Gasteiger partial charge in [-0.2, -0.15) is 0 Å². The number of allylic oxidation sites excluding steroid dienone is 8. The van der Waals surface area contributed by atoms with Gasteiger partial charge in [-0.15, -0.1) is 0 Å². The highest BCUT2D eigenvalue weighted by Gasteiger charge is 2.19. The average molecular weight is 897 g/mol. The second-order valence-corrected chi connectivity index (χ2v) is 18.5. The minimum Gasteiger partial charge on any atom is -0.462 e. The molecule has 6 heteroatoms. The predicted octanol–water partition coefficient (Wildman–Crippen LogP) is 18.3. The van der Waals surface area contributed by atoms with Crippen LogP contribution in [0.4, 0.5) is 0 Å². The molecular formula is C58H104O6. The van der Waals surface area contributed by atoms with Crippen molar-refractivity contribution in [3.63, 3.8) is 0 Å². The lowest BCUT2D eigenvalue weighted by Crippen LogP contribution is -2.30. The highest BCUT2D eigenvalue weighted by Crippen LogP contribution is 2.16. The summed E-state index contributed by atoms with van der Waals surface area (Å²) in [5.74, 6) is -0.872. The fourth-order valence-electron chi connectivity index (χ4n) is 7.96. The van der Waals surface area contributed by atoms with Crippen LogP contribution in [0.2, 0.25) is 0 Å². The standard InChI is InChI=1S/C58H104O6/c1-4-7-10-13-15-17-19-21-22-23-24-25-26-27-28-29-30-31-32-33-34-35-36-37-39-40-42-45-48-51-57(60)63-54-55(53-62-56(59)50-47-44-12-9-6-3)64-58(61)52-49-46-43-41-38-20-18-16-14-11-8-5-2/h7,10,15,17,21-22,24-25,55H,4-6,8-9,11-14,16,18-20,23,26-54H2,1-3H3/b10-7-,17-15-,22-21-,25-24-. The lowest BCUT2D eigenvalue weighted by Gasteiger charge is -2.18. The molecule has 0 saturated heterocycles. The van der Waals surface area contributed by atoms with E-state index in [-0.39, 0.29) is 31.1 Å². The monoisotopic (exact) mass is 897 g/mol. The van der Waals surface area contributed by atoms with Crippen LogP contribution in [0.25, 0.3) is 0 Å². The maximum absolute atomic E-state index is 12.7. The van der Waals surface area contributed by atoms with E-state index in [4.69, 9.17) is 14.2 Å². The summed E-state index contributed by atoms with van der Waals surface area (Å²) in [4.78, 5) is 37.6. The van der Waals surface area contributed by atoms with Gasteiger partial charge in [-0.05, 0) is 57.8 Å². The molecule has 0 aromatic heterocycles. The molecule has 0 aliphatic heterocycles. The Morgan fingerprint density at radius 1 is 0.328 bits per heavy atom. The molecule has 6 nitrogen and oxygen atoms in total. The topological polar surface area (TPSA) is 78.9 Å². The van der Waals surface area contributed by atoms with Crippen LogP contribution in [-0.2, 0) is 28.6 Å². The predicted molar refractivity (Wildman–Crippen MR) is 275 cm³/mol. The van der Waals surface area contributed by atoms with Gasteiger partial charge in [-0.25, -0.2) is 0 Å². The van der Waals surface area contributed by atoms with Crippen LogP contribution in [0.3, 0.4) is 0 Å². The summed E-state index contributed by atoms with van der Waals surface area (Å²) >= 11 is 0. The fraction of sp³-hybridized carbons (Fsp3) is 0.810. The number of hydrogen-bond acceptors (Lipinski definition) is 6. The summed E-state index contributed by atoms with van der Waals surface area (Å²) in [6, 6.07) is 0. The summed E-state index contributed by atoms with van der Waals surface area (Å²) < 4.78 is 16.7. The van der Waals surface area contributed by atoms with Gasteiger partial charge in [0.25, 0.3) is 0 Å². The second kappa shape index (κ2) is 53.0. The Hall–Kier alpha value is -2.63. The third-order valence-corrected chi connectivity index (χ3v) is 12.1. The van der Waals surface area contributed by atoms with E-state index in [1.54, 1.807) is 0 Å². The van der Waals surface area contributed by atoms with Gasteiger partial charge >= 0.3 is 17.9 Å². The highest BCUT2D eigenvalue weighted by molar-refractivity contribution is 5.71. The Morgan fingerprint density at radius 2 is 0.609 bits per heavy atom. The van der Waals surface area contributed by atoms with Crippen molar-refractivity contribution in [2.24, 2.45) is 0 Å². The first-order valence-electron chi connectivity index (χ1n) is 27.6. The van der Waals surface area contributed by atoms with E-state index < -0.39 is 6.10 Å². The van der Waals surface area contributed by atoms with E-state index in [2.05, 4.69) is 69.4 Å². The Kier molecular flexibility index (Phi) is 50.8. The van der Waals surface area contributed by atoms with Crippen molar-refractivity contribution in [1.82, 2.24) is 0 Å². The Balaban J connectivity index is 3.95. The zero-order valence-corrected chi connectivity index (χ0v) is 42.6. The fourth-order valence-corrected chi connectivity index (χ4v) is 7.96. The lowest BCUT2D eigenvalue weighted by atomic mass is 10.0. The van der Waals surface area contributed by atoms with Gasteiger partial charge in [-0.3, -0.25) is 14.4 Å². The number of ether oxygens (including phenoxy) is 3. The van der Waals surface area contributed by atoms with E-state index in [0.717, 1.165) is 89.9 Å². The molecule has 0 aliphatic carbocycles. The van der Waals surface area contributed by atoms with Crippen molar-refractivity contribution in [3.05, 3.63) is 48.6 Å². The molecule has 1 unspecified atom stereocenters. The van der Waals surface area contributed by atoms with Crippen molar-refractivity contribution in [1.29, 1.82) is 0 Å². The van der Waals surface area contributed by atoms with Gasteiger partial charge < -0.3 is 14.2 Å². The molecule has 0 N–H and O–H groups in total. The number of unbranched alkanes of at least 4 members (excludes halogenated alkanes) is 31. The third-order valence-electron chi connectivity index (χ3n) is 12.1. The number of hydrogen-bond donors (Lipinski definition) is 0. The molecule has 0 radical (unpaired) electrons. The van der Waals surface area contributed by atoms with Crippen LogP contribution < -0.4 is 0 Å². The maximum Gasteiger partial charge on any atom is 0.306 e. The summed E-state index contributed by atoms with van der Waals surface area (Å²) in [6.07, 6.45) is 64.4. The SMILES string of the molecule is CC/C=C\C/C=C\C/C=C\C/C=C\CCCCCCCCCCCCCCCCCCC(=O)OCC(COC(=O)CCCCCCC)OC(=O)CCCCCCCCCCCCCC. The normalized spacial score (nSPS) is 12.4. The summed E-state index contributed by atoms with van der Waals surface area (Å²) in [5.41, 5.74) is 0. The van der Waals surface area contributed by atoms with Crippen molar-refractivity contribution in [2.75, 3.05) is 13.2 Å². The largest absolute Gasteiger partial charge is 0.462 e. The molecule has 372 valence electrons. The van der Waals surface area contributed by atoms with Crippen LogP contribution >= 0.6 is 0 Å². The van der Waals surface area contributed by atoms with Crippen LogP contribution in [0.1, 0.15) is 284 Å². The van der Waals surface area contributed by atoms with Crippen LogP contribution in [0, 0.1) is 0 Å². The smallest absolute Gasteiger partial charge is 0.306 e. The molecule has 0 bridgehead atoms. The molecule has 64 heavy (non-hydrogen) atoms. The zero-order chi connectivity index (χ0) is 46.5. The Bertz CT molecular complexity index is 1120. The third kappa shape index (κ3) is 50.4. The van der Waals surface area contributed by atoms with Crippen molar-refractivity contribution >= 4 is 17.9 Å². The van der Waals surface area contributed by atoms with E-state index in [1.807, 2.05) is 0 Å². The zero-order valence-electron chi connectivity index (χ0n) is 42.6. The maximum atomic E-state index is 12.7. The summed E-state index contributed by atoms with van der Waals surface area (Å²) in [5, 5.41) is 0. The number of carbonyl (C=O) groups excluding carboxylic acids is 3. The van der Waals surface area contributed by atoms with Gasteiger partial charge in [0.2, 0.25) is 0 Å². The first-order valence-corrected chi connectivity index (χ1v) is 27.6. The molecule has 0 aromatic carbocycles. The van der Waals surface area contributed by atoms with Crippen LogP contribution in [0.5, 0.6) is 0 Å². The summed E-state index contributed by atoms with van der Waals surface area (Å²) in [6.45, 7) is 6.46. The minimum atomic E-state index is -0.763. The van der Waals surface area contributed by atoms with Gasteiger partial charge in [0, 0.05) is 19.3 Å². The second-order valence-electron chi connectivity index (χ2n) is 18.5. The van der Waals surface area contributed by atoms with E-state index in [9.17, 15) is 14.4 Å².